The van der Waals surface area contributed by atoms with Crippen LogP contribution in [0.4, 0.5) is 0 Å². The van der Waals surface area contributed by atoms with Crippen LogP contribution in [0.3, 0.4) is 0 Å². The van der Waals surface area contributed by atoms with Crippen molar-refractivity contribution in [3.05, 3.63) is 12.3 Å². The maximum absolute atomic E-state index is 10.8. The first-order valence-electron chi connectivity index (χ1n) is 8.92. The van der Waals surface area contributed by atoms with Gasteiger partial charge in [0.1, 0.15) is 0 Å². The van der Waals surface area contributed by atoms with Crippen LogP contribution in [0.1, 0.15) is 84.0 Å². The van der Waals surface area contributed by atoms with Crippen LogP contribution >= 0.6 is 0 Å². The van der Waals surface area contributed by atoms with Gasteiger partial charge in [-0.25, -0.2) is 4.79 Å². The number of ether oxygens (including phenoxy) is 1. The number of hydrogen-bond acceptors (Lipinski definition) is 3. The molecule has 3 heteroatoms. The Kier molecular flexibility index (Phi) is 10.9. The molecule has 1 heterocycles. The lowest BCUT2D eigenvalue weighted by molar-refractivity contribution is -0.143. The molecule has 0 fully saturated rings. The van der Waals surface area contributed by atoms with Crippen molar-refractivity contribution in [2.75, 3.05) is 13.3 Å². The summed E-state index contributed by atoms with van der Waals surface area (Å²) in [4.78, 5) is 12.9. The first kappa shape index (κ1) is 18.1. The molecule has 1 aliphatic heterocycles. The molecular weight excluding hydrogens is 262 g/mol. The van der Waals surface area contributed by atoms with Crippen LogP contribution in [0, 0.1) is 0 Å². The highest BCUT2D eigenvalue weighted by Crippen LogP contribution is 2.12. The summed E-state index contributed by atoms with van der Waals surface area (Å²) in [5, 5.41) is 0. The number of carbonyl (C=O) groups is 1. The van der Waals surface area contributed by atoms with E-state index in [0.29, 0.717) is 6.73 Å². The fraction of sp³-hybridized carbons (Fsp3) is 0.833. The van der Waals surface area contributed by atoms with Crippen molar-refractivity contribution < 1.29 is 9.53 Å². The molecule has 0 aromatic rings. The van der Waals surface area contributed by atoms with Gasteiger partial charge in [-0.15, -0.1) is 0 Å². The van der Waals surface area contributed by atoms with E-state index in [2.05, 4.69) is 11.8 Å². The largest absolute Gasteiger partial charge is 0.441 e. The summed E-state index contributed by atoms with van der Waals surface area (Å²) in [6.45, 7) is 3.70. The fourth-order valence-corrected chi connectivity index (χ4v) is 2.70. The second-order valence-electron chi connectivity index (χ2n) is 6.11. The van der Waals surface area contributed by atoms with E-state index in [1.807, 2.05) is 6.20 Å². The number of esters is 1. The molecule has 21 heavy (non-hydrogen) atoms. The van der Waals surface area contributed by atoms with E-state index in [0.717, 1.165) is 6.54 Å². The summed E-state index contributed by atoms with van der Waals surface area (Å²) in [5.41, 5.74) is 0. The van der Waals surface area contributed by atoms with Crippen LogP contribution in [-0.4, -0.2) is 24.1 Å². The molecule has 122 valence electrons. The summed E-state index contributed by atoms with van der Waals surface area (Å²) in [5.74, 6) is -0.221. The SMILES string of the molecule is CCCCCCCCCCCCCCN1C=CC(=O)OC1. The number of hydrogen-bond donors (Lipinski definition) is 0. The van der Waals surface area contributed by atoms with Crippen LogP contribution < -0.4 is 0 Å². The molecule has 0 saturated heterocycles. The highest BCUT2D eigenvalue weighted by Gasteiger charge is 2.08. The number of cyclic esters (lactones) is 1. The van der Waals surface area contributed by atoms with Crippen LogP contribution in [0.25, 0.3) is 0 Å². The molecule has 0 bridgehead atoms. The Bertz CT molecular complexity index is 289. The minimum atomic E-state index is -0.221. The summed E-state index contributed by atoms with van der Waals surface area (Å²) in [7, 11) is 0. The average molecular weight is 295 g/mol. The van der Waals surface area contributed by atoms with Gasteiger partial charge in [0.05, 0.1) is 0 Å². The Morgan fingerprint density at radius 2 is 1.43 bits per heavy atom. The lowest BCUT2D eigenvalue weighted by atomic mass is 10.1. The third-order valence-corrected chi connectivity index (χ3v) is 4.09. The van der Waals surface area contributed by atoms with Gasteiger partial charge in [0.25, 0.3) is 0 Å². The summed E-state index contributed by atoms with van der Waals surface area (Å²) >= 11 is 0. The van der Waals surface area contributed by atoms with Crippen LogP contribution in [0.15, 0.2) is 12.3 Å². The van der Waals surface area contributed by atoms with Crippen molar-refractivity contribution in [3.8, 4) is 0 Å². The maximum atomic E-state index is 10.8. The lowest BCUT2D eigenvalue weighted by Gasteiger charge is -2.22. The zero-order chi connectivity index (χ0) is 15.2. The lowest BCUT2D eigenvalue weighted by Crippen LogP contribution is -2.27. The zero-order valence-corrected chi connectivity index (χ0v) is 13.8. The minimum Gasteiger partial charge on any atom is -0.441 e. The molecule has 3 nitrogen and oxygen atoms in total. The molecule has 1 rings (SSSR count). The van der Waals surface area contributed by atoms with Crippen LogP contribution in [0.5, 0.6) is 0 Å². The number of nitrogens with zero attached hydrogens (tertiary/aromatic N) is 1. The summed E-state index contributed by atoms with van der Waals surface area (Å²) < 4.78 is 4.95. The summed E-state index contributed by atoms with van der Waals surface area (Å²) in [6, 6.07) is 0. The zero-order valence-electron chi connectivity index (χ0n) is 13.8. The number of rotatable bonds is 13. The second-order valence-corrected chi connectivity index (χ2v) is 6.11. The summed E-state index contributed by atoms with van der Waals surface area (Å²) in [6.07, 6.45) is 19.8. The predicted octanol–water partition coefficient (Wildman–Crippen LogP) is 5.02. The molecule has 0 radical (unpaired) electrons. The van der Waals surface area contributed by atoms with Gasteiger partial charge in [-0.1, -0.05) is 77.6 Å². The molecule has 1 aliphatic rings. The van der Waals surface area contributed by atoms with Crippen LogP contribution in [-0.2, 0) is 9.53 Å². The van der Waals surface area contributed by atoms with Gasteiger partial charge in [-0.3, -0.25) is 0 Å². The van der Waals surface area contributed by atoms with Crippen molar-refractivity contribution >= 4 is 5.97 Å². The van der Waals surface area contributed by atoms with Crippen molar-refractivity contribution in [1.29, 1.82) is 0 Å². The fourth-order valence-electron chi connectivity index (χ4n) is 2.70. The van der Waals surface area contributed by atoms with Crippen molar-refractivity contribution in [2.45, 2.75) is 84.0 Å². The molecule has 0 aliphatic carbocycles. The first-order valence-corrected chi connectivity index (χ1v) is 8.92. The van der Waals surface area contributed by atoms with E-state index in [1.54, 1.807) is 0 Å². The van der Waals surface area contributed by atoms with E-state index in [4.69, 9.17) is 4.74 Å². The molecule has 0 unspecified atom stereocenters. The normalized spacial score (nSPS) is 14.5. The standard InChI is InChI=1S/C18H33NO2/c1-2-3-4-5-6-7-8-9-10-11-12-13-15-19-16-14-18(20)21-17-19/h14,16H,2-13,15,17H2,1H3. The Balaban J connectivity index is 1.77. The molecular formula is C18H33NO2. The van der Waals surface area contributed by atoms with E-state index >= 15 is 0 Å². The molecule has 0 aromatic heterocycles. The number of unbranched alkanes of at least 4 members (excludes halogenated alkanes) is 11. The number of carbonyl (C=O) groups excluding carboxylic acids is 1. The van der Waals surface area contributed by atoms with Gasteiger partial charge in [0.15, 0.2) is 6.73 Å². The minimum absolute atomic E-state index is 0.221. The van der Waals surface area contributed by atoms with Crippen molar-refractivity contribution in [2.24, 2.45) is 0 Å². The van der Waals surface area contributed by atoms with Gasteiger partial charge in [-0.05, 0) is 6.42 Å². The molecule has 0 N–H and O–H groups in total. The van der Waals surface area contributed by atoms with E-state index in [9.17, 15) is 4.79 Å². The second kappa shape index (κ2) is 12.7. The van der Waals surface area contributed by atoms with Gasteiger partial charge >= 0.3 is 5.97 Å². The van der Waals surface area contributed by atoms with E-state index < -0.39 is 0 Å². The Labute approximate surface area is 130 Å². The highest BCUT2D eigenvalue weighted by atomic mass is 16.5. The maximum Gasteiger partial charge on any atom is 0.333 e. The van der Waals surface area contributed by atoms with Crippen LogP contribution in [0.2, 0.25) is 0 Å². The first-order chi connectivity index (χ1) is 10.3. The average Bonchev–Trinajstić information content (AvgIpc) is 2.50. The molecule has 0 atom stereocenters. The Morgan fingerprint density at radius 3 is 1.90 bits per heavy atom. The highest BCUT2D eigenvalue weighted by molar-refractivity contribution is 5.82. The van der Waals surface area contributed by atoms with Gasteiger partial charge < -0.3 is 9.64 Å². The molecule has 0 saturated carbocycles. The third kappa shape index (κ3) is 10.4. The van der Waals surface area contributed by atoms with Crippen molar-refractivity contribution in [1.82, 2.24) is 4.90 Å². The smallest absolute Gasteiger partial charge is 0.333 e. The molecule has 0 amide bonds. The van der Waals surface area contributed by atoms with Gasteiger partial charge in [0.2, 0.25) is 0 Å². The third-order valence-electron chi connectivity index (χ3n) is 4.09. The quantitative estimate of drug-likeness (QED) is 0.353. The Morgan fingerprint density at radius 1 is 0.905 bits per heavy atom. The predicted molar refractivity (Wildman–Crippen MR) is 87.9 cm³/mol. The topological polar surface area (TPSA) is 29.5 Å². The Hall–Kier alpha value is -0.990. The monoisotopic (exact) mass is 295 g/mol. The molecule has 0 spiro atoms. The van der Waals surface area contributed by atoms with E-state index in [-0.39, 0.29) is 5.97 Å². The van der Waals surface area contributed by atoms with E-state index in [1.165, 1.54) is 83.1 Å². The van der Waals surface area contributed by atoms with Crippen molar-refractivity contribution in [3.63, 3.8) is 0 Å². The van der Waals surface area contributed by atoms with Gasteiger partial charge in [-0.2, -0.15) is 0 Å². The molecule has 0 aromatic carbocycles. The van der Waals surface area contributed by atoms with Gasteiger partial charge in [0, 0.05) is 18.8 Å².